The van der Waals surface area contributed by atoms with Crippen LogP contribution in [0.5, 0.6) is 0 Å². The number of hydrogen-bond acceptors (Lipinski definition) is 2. The van der Waals surface area contributed by atoms with E-state index in [2.05, 4.69) is 149 Å². The molecule has 0 atom stereocenters. The molecule has 0 spiro atoms. The van der Waals surface area contributed by atoms with Crippen LogP contribution in [0.2, 0.25) is 0 Å². The van der Waals surface area contributed by atoms with Crippen LogP contribution < -0.4 is 0 Å². The minimum absolute atomic E-state index is 0.469. The molecule has 0 N–H and O–H groups in total. The molecule has 2 heterocycles. The van der Waals surface area contributed by atoms with Crippen molar-refractivity contribution in [2.24, 2.45) is 0 Å². The third-order valence-electron chi connectivity index (χ3n) is 9.30. The summed E-state index contributed by atoms with van der Waals surface area (Å²) in [6, 6.07) is 59.3. The first-order chi connectivity index (χ1) is 23.7. The van der Waals surface area contributed by atoms with Crippen LogP contribution in [-0.4, -0.2) is 9.13 Å². The number of rotatable bonds is 4. The summed E-state index contributed by atoms with van der Waals surface area (Å²) in [4.78, 5) is 0. The highest BCUT2D eigenvalue weighted by atomic mass is 15.0. The lowest BCUT2D eigenvalue weighted by atomic mass is 9.96. The Morgan fingerprint density at radius 2 is 0.708 bits per heavy atom. The molecule has 222 valence electrons. The van der Waals surface area contributed by atoms with Crippen molar-refractivity contribution in [3.8, 4) is 45.8 Å². The summed E-state index contributed by atoms with van der Waals surface area (Å²) in [5.74, 6) is 0. The van der Waals surface area contributed by atoms with Gasteiger partial charge in [0.1, 0.15) is 0 Å². The maximum absolute atomic E-state index is 9.64. The van der Waals surface area contributed by atoms with E-state index in [9.17, 15) is 10.5 Å². The van der Waals surface area contributed by atoms with E-state index in [0.29, 0.717) is 11.1 Å². The highest BCUT2D eigenvalue weighted by Crippen LogP contribution is 2.38. The van der Waals surface area contributed by atoms with Crippen LogP contribution >= 0.6 is 0 Å². The SMILES string of the molecule is N#Cc1cc(C#N)cc(-c2cccc(-c3cc(-n4c5ccccc5c5ccccc54)cc(-n4c5ccccc5c5ccccc54)c3)c2)c1. The van der Waals surface area contributed by atoms with Gasteiger partial charge < -0.3 is 9.13 Å². The molecule has 9 aromatic rings. The second-order valence-corrected chi connectivity index (χ2v) is 12.1. The van der Waals surface area contributed by atoms with E-state index in [1.54, 1.807) is 6.07 Å². The monoisotopic (exact) mass is 610 g/mol. The maximum Gasteiger partial charge on any atom is 0.0992 e. The Balaban J connectivity index is 1.35. The third kappa shape index (κ3) is 4.29. The Labute approximate surface area is 277 Å². The van der Waals surface area contributed by atoms with E-state index in [1.165, 1.54) is 21.5 Å². The van der Waals surface area contributed by atoms with Gasteiger partial charge in [0.15, 0.2) is 0 Å². The van der Waals surface area contributed by atoms with Gasteiger partial charge in [0.05, 0.1) is 45.3 Å². The van der Waals surface area contributed by atoms with Crippen molar-refractivity contribution in [2.45, 2.75) is 0 Å². The molecule has 0 aliphatic heterocycles. The Kier molecular flexibility index (Phi) is 6.22. The smallest absolute Gasteiger partial charge is 0.0992 e. The molecule has 0 unspecified atom stereocenters. The Bertz CT molecular complexity index is 2550. The topological polar surface area (TPSA) is 57.4 Å². The predicted molar refractivity (Wildman–Crippen MR) is 195 cm³/mol. The van der Waals surface area contributed by atoms with Gasteiger partial charge in [0.25, 0.3) is 0 Å². The van der Waals surface area contributed by atoms with Gasteiger partial charge in [-0.3, -0.25) is 0 Å². The molecule has 48 heavy (non-hydrogen) atoms. The van der Waals surface area contributed by atoms with E-state index in [4.69, 9.17) is 0 Å². The lowest BCUT2D eigenvalue weighted by Crippen LogP contribution is -2.00. The van der Waals surface area contributed by atoms with Gasteiger partial charge in [0, 0.05) is 32.9 Å². The molecule has 4 nitrogen and oxygen atoms in total. The van der Waals surface area contributed by atoms with Crippen molar-refractivity contribution in [2.75, 3.05) is 0 Å². The van der Waals surface area contributed by atoms with E-state index in [1.807, 2.05) is 24.3 Å². The first-order valence-corrected chi connectivity index (χ1v) is 15.9. The number of nitrogens with zero attached hydrogens (tertiary/aromatic N) is 4. The first-order valence-electron chi connectivity index (χ1n) is 15.9. The Morgan fingerprint density at radius 3 is 1.10 bits per heavy atom. The van der Waals surface area contributed by atoms with Gasteiger partial charge in [-0.2, -0.15) is 10.5 Å². The highest BCUT2D eigenvalue weighted by molar-refractivity contribution is 6.10. The normalized spacial score (nSPS) is 11.3. The Morgan fingerprint density at radius 1 is 0.333 bits per heavy atom. The zero-order valence-electron chi connectivity index (χ0n) is 25.8. The summed E-state index contributed by atoms with van der Waals surface area (Å²) < 4.78 is 4.73. The largest absolute Gasteiger partial charge is 0.309 e. The molecule has 0 aliphatic rings. The summed E-state index contributed by atoms with van der Waals surface area (Å²) >= 11 is 0. The summed E-state index contributed by atoms with van der Waals surface area (Å²) in [7, 11) is 0. The summed E-state index contributed by atoms with van der Waals surface area (Å²) in [6.07, 6.45) is 0. The lowest BCUT2D eigenvalue weighted by molar-refractivity contribution is 1.13. The fourth-order valence-corrected chi connectivity index (χ4v) is 7.22. The molecule has 2 aromatic heterocycles. The summed E-state index contributed by atoms with van der Waals surface area (Å²) in [5.41, 5.74) is 11.5. The van der Waals surface area contributed by atoms with Crippen molar-refractivity contribution in [1.82, 2.24) is 9.13 Å². The number of benzene rings is 7. The number of fused-ring (bicyclic) bond motifs is 6. The van der Waals surface area contributed by atoms with E-state index >= 15 is 0 Å². The average molecular weight is 611 g/mol. The van der Waals surface area contributed by atoms with E-state index in [0.717, 1.165) is 55.7 Å². The van der Waals surface area contributed by atoms with Gasteiger partial charge in [-0.1, -0.05) is 91.0 Å². The number of aromatic nitrogens is 2. The predicted octanol–water partition coefficient (Wildman–Crippen LogP) is 11.0. The quantitative estimate of drug-likeness (QED) is 0.199. The fourth-order valence-electron chi connectivity index (χ4n) is 7.22. The average Bonchev–Trinajstić information content (AvgIpc) is 3.68. The molecule has 7 aromatic carbocycles. The summed E-state index contributed by atoms with van der Waals surface area (Å²) in [5, 5.41) is 24.1. The van der Waals surface area contributed by atoms with Crippen molar-refractivity contribution < 1.29 is 0 Å². The molecule has 0 saturated carbocycles. The van der Waals surface area contributed by atoms with Crippen molar-refractivity contribution >= 4 is 43.6 Å². The molecular formula is C44H26N4. The van der Waals surface area contributed by atoms with E-state index < -0.39 is 0 Å². The van der Waals surface area contributed by atoms with Crippen LogP contribution in [0.1, 0.15) is 11.1 Å². The second-order valence-electron chi connectivity index (χ2n) is 12.1. The van der Waals surface area contributed by atoms with Gasteiger partial charge >= 0.3 is 0 Å². The standard InChI is InChI=1S/C44H26N4/c45-27-29-20-30(28-46)22-33(21-29)31-10-9-11-32(23-31)34-24-35(47-41-16-5-1-12-37(41)38-13-2-6-17-42(38)47)26-36(25-34)48-43-18-7-3-14-39(43)40-15-4-8-19-44(40)48/h1-26H. The maximum atomic E-state index is 9.64. The highest BCUT2D eigenvalue weighted by Gasteiger charge is 2.17. The minimum atomic E-state index is 0.469. The van der Waals surface area contributed by atoms with Crippen LogP contribution in [0.4, 0.5) is 0 Å². The molecule has 0 aliphatic carbocycles. The number of nitriles is 2. The van der Waals surface area contributed by atoms with Gasteiger partial charge in [-0.05, 0) is 89.0 Å². The molecule has 0 fully saturated rings. The van der Waals surface area contributed by atoms with Crippen LogP contribution in [0, 0.1) is 22.7 Å². The van der Waals surface area contributed by atoms with Gasteiger partial charge in [0.2, 0.25) is 0 Å². The number of para-hydroxylation sites is 4. The molecule has 0 bridgehead atoms. The molecule has 9 rings (SSSR count). The van der Waals surface area contributed by atoms with Crippen molar-refractivity contribution in [3.05, 3.63) is 169 Å². The minimum Gasteiger partial charge on any atom is -0.309 e. The fraction of sp³-hybridized carbons (Fsp3) is 0. The third-order valence-corrected chi connectivity index (χ3v) is 9.30. The zero-order chi connectivity index (χ0) is 32.2. The van der Waals surface area contributed by atoms with Crippen molar-refractivity contribution in [1.29, 1.82) is 10.5 Å². The molecular weight excluding hydrogens is 585 g/mol. The Hall–Kier alpha value is -6.88. The zero-order valence-corrected chi connectivity index (χ0v) is 25.8. The molecule has 0 saturated heterocycles. The summed E-state index contributed by atoms with van der Waals surface area (Å²) in [6.45, 7) is 0. The molecule has 0 amide bonds. The van der Waals surface area contributed by atoms with Crippen LogP contribution in [0.25, 0.3) is 77.2 Å². The van der Waals surface area contributed by atoms with Gasteiger partial charge in [-0.15, -0.1) is 0 Å². The lowest BCUT2D eigenvalue weighted by Gasteiger charge is -2.16. The van der Waals surface area contributed by atoms with Crippen LogP contribution in [-0.2, 0) is 0 Å². The van der Waals surface area contributed by atoms with Crippen molar-refractivity contribution in [3.63, 3.8) is 0 Å². The van der Waals surface area contributed by atoms with Crippen LogP contribution in [0.15, 0.2) is 158 Å². The molecule has 0 radical (unpaired) electrons. The van der Waals surface area contributed by atoms with Crippen LogP contribution in [0.3, 0.4) is 0 Å². The number of hydrogen-bond donors (Lipinski definition) is 0. The molecule has 4 heteroatoms. The first kappa shape index (κ1) is 27.4. The van der Waals surface area contributed by atoms with E-state index in [-0.39, 0.29) is 0 Å². The second kappa shape index (κ2) is 10.9. The van der Waals surface area contributed by atoms with Gasteiger partial charge in [-0.25, -0.2) is 0 Å².